The summed E-state index contributed by atoms with van der Waals surface area (Å²) < 4.78 is 11.2. The molecular weight excluding hydrogens is 366 g/mol. The number of benzene rings is 1. The van der Waals surface area contributed by atoms with Crippen molar-refractivity contribution in [3.63, 3.8) is 0 Å². The molecule has 3 atom stereocenters. The van der Waals surface area contributed by atoms with Crippen LogP contribution in [0.5, 0.6) is 0 Å². The summed E-state index contributed by atoms with van der Waals surface area (Å²) in [5, 5.41) is 0. The van der Waals surface area contributed by atoms with Gasteiger partial charge in [-0.2, -0.15) is 0 Å². The summed E-state index contributed by atoms with van der Waals surface area (Å²) in [6, 6.07) is 8.27. The van der Waals surface area contributed by atoms with Gasteiger partial charge in [0.25, 0.3) is 0 Å². The van der Waals surface area contributed by atoms with E-state index in [2.05, 4.69) is 36.2 Å². The maximum absolute atomic E-state index is 13.1. The number of esters is 1. The first-order valence-corrected chi connectivity index (χ1v) is 10.8. The van der Waals surface area contributed by atoms with E-state index >= 15 is 0 Å². The first kappa shape index (κ1) is 20.0. The number of ether oxygens (including phenoxy) is 2. The standard InChI is InChI=1S/C24H29NO4/c1-3-16-9-11-17(12-10-16)22-21(24(27)29-14-18-6-5-13-28-18)15(2)25-19-7-4-8-20(26)23(19)22/h9-12,18,22-23H,3-8,13-14H2,1-2H3/t18-,22+,23?/m0/s1. The number of carbonyl (C=O) groups is 2. The number of hydrogen-bond donors (Lipinski definition) is 0. The quantitative estimate of drug-likeness (QED) is 0.703. The summed E-state index contributed by atoms with van der Waals surface area (Å²) in [5.41, 5.74) is 4.33. The molecule has 0 N–H and O–H groups in total. The summed E-state index contributed by atoms with van der Waals surface area (Å²) in [7, 11) is 0. The van der Waals surface area contributed by atoms with E-state index in [1.54, 1.807) is 0 Å². The third kappa shape index (κ3) is 4.06. The molecule has 154 valence electrons. The Morgan fingerprint density at radius 2 is 1.97 bits per heavy atom. The van der Waals surface area contributed by atoms with Gasteiger partial charge in [0.15, 0.2) is 0 Å². The minimum atomic E-state index is -0.372. The van der Waals surface area contributed by atoms with E-state index in [9.17, 15) is 9.59 Å². The number of fused-ring (bicyclic) bond motifs is 1. The molecule has 0 bridgehead atoms. The van der Waals surface area contributed by atoms with Crippen molar-refractivity contribution in [3.05, 3.63) is 46.7 Å². The van der Waals surface area contributed by atoms with Crippen LogP contribution in [0.1, 0.15) is 63.0 Å². The van der Waals surface area contributed by atoms with E-state index < -0.39 is 0 Å². The van der Waals surface area contributed by atoms with Gasteiger partial charge in [-0.15, -0.1) is 0 Å². The van der Waals surface area contributed by atoms with Crippen molar-refractivity contribution in [2.24, 2.45) is 10.9 Å². The van der Waals surface area contributed by atoms with Gasteiger partial charge in [-0.3, -0.25) is 9.79 Å². The first-order valence-electron chi connectivity index (χ1n) is 10.8. The lowest BCUT2D eigenvalue weighted by Crippen LogP contribution is -2.39. The van der Waals surface area contributed by atoms with Crippen LogP contribution >= 0.6 is 0 Å². The molecule has 5 nitrogen and oxygen atoms in total. The molecule has 2 heterocycles. The number of rotatable bonds is 5. The third-order valence-electron chi connectivity index (χ3n) is 6.30. The molecular formula is C24H29NO4. The number of aliphatic imine (C=N–C) groups is 1. The fourth-order valence-electron chi connectivity index (χ4n) is 4.73. The fourth-order valence-corrected chi connectivity index (χ4v) is 4.73. The highest BCUT2D eigenvalue weighted by atomic mass is 16.6. The van der Waals surface area contributed by atoms with Gasteiger partial charge < -0.3 is 9.47 Å². The normalized spacial score (nSPS) is 26.9. The Morgan fingerprint density at radius 1 is 1.17 bits per heavy atom. The zero-order chi connectivity index (χ0) is 20.4. The van der Waals surface area contributed by atoms with E-state index in [-0.39, 0.29) is 36.3 Å². The number of Topliss-reactive ketones (excluding diaryl/α,β-unsaturated/α-hetero) is 1. The summed E-state index contributed by atoms with van der Waals surface area (Å²) in [4.78, 5) is 30.7. The molecule has 29 heavy (non-hydrogen) atoms. The highest BCUT2D eigenvalue weighted by molar-refractivity contribution is 6.11. The monoisotopic (exact) mass is 395 g/mol. The lowest BCUT2D eigenvalue weighted by atomic mass is 9.69. The number of carbonyl (C=O) groups excluding carboxylic acids is 2. The molecule has 2 aliphatic heterocycles. The summed E-state index contributed by atoms with van der Waals surface area (Å²) >= 11 is 0. The molecule has 4 rings (SSSR count). The average Bonchev–Trinajstić information content (AvgIpc) is 3.25. The number of hydrogen-bond acceptors (Lipinski definition) is 5. The van der Waals surface area contributed by atoms with Crippen molar-refractivity contribution in [2.45, 2.75) is 64.4 Å². The van der Waals surface area contributed by atoms with Gasteiger partial charge in [0.2, 0.25) is 0 Å². The predicted octanol–water partition coefficient (Wildman–Crippen LogP) is 4.15. The van der Waals surface area contributed by atoms with Crippen LogP contribution in [-0.2, 0) is 25.5 Å². The van der Waals surface area contributed by atoms with Crippen molar-refractivity contribution in [1.82, 2.24) is 0 Å². The van der Waals surface area contributed by atoms with E-state index in [0.29, 0.717) is 17.7 Å². The molecule has 0 amide bonds. The molecule has 5 heteroatoms. The smallest absolute Gasteiger partial charge is 0.336 e. The Kier molecular flexibility index (Phi) is 5.95. The number of aryl methyl sites for hydroxylation is 1. The minimum absolute atomic E-state index is 0.0268. The second-order valence-electron chi connectivity index (χ2n) is 8.21. The number of allylic oxidation sites excluding steroid dienone is 1. The maximum atomic E-state index is 13.1. The van der Waals surface area contributed by atoms with E-state index in [1.165, 1.54) is 5.56 Å². The van der Waals surface area contributed by atoms with Crippen LogP contribution in [0.15, 0.2) is 40.5 Å². The summed E-state index contributed by atoms with van der Waals surface area (Å²) in [6.07, 6.45) is 5.03. The van der Waals surface area contributed by atoms with Crippen molar-refractivity contribution in [1.29, 1.82) is 0 Å². The molecule has 1 saturated heterocycles. The molecule has 3 aliphatic rings. The summed E-state index contributed by atoms with van der Waals surface area (Å²) in [5.74, 6) is -0.872. The second kappa shape index (κ2) is 8.62. The van der Waals surface area contributed by atoms with Crippen molar-refractivity contribution >= 4 is 17.5 Å². The molecule has 1 aromatic carbocycles. The number of ketones is 1. The molecule has 1 aromatic rings. The Bertz CT molecular complexity index is 846. The Morgan fingerprint density at radius 3 is 2.66 bits per heavy atom. The average molecular weight is 395 g/mol. The lowest BCUT2D eigenvalue weighted by molar-refractivity contribution is -0.142. The highest BCUT2D eigenvalue weighted by Gasteiger charge is 2.43. The Hall–Kier alpha value is -2.27. The third-order valence-corrected chi connectivity index (χ3v) is 6.30. The van der Waals surface area contributed by atoms with Gasteiger partial charge in [0, 0.05) is 30.4 Å². The minimum Gasteiger partial charge on any atom is -0.460 e. The molecule has 1 saturated carbocycles. The highest BCUT2D eigenvalue weighted by Crippen LogP contribution is 2.43. The van der Waals surface area contributed by atoms with Crippen LogP contribution < -0.4 is 0 Å². The van der Waals surface area contributed by atoms with Crippen LogP contribution in [0.2, 0.25) is 0 Å². The molecule has 0 spiro atoms. The zero-order valence-electron chi connectivity index (χ0n) is 17.3. The van der Waals surface area contributed by atoms with Crippen molar-refractivity contribution in [2.75, 3.05) is 13.2 Å². The van der Waals surface area contributed by atoms with E-state index in [4.69, 9.17) is 9.47 Å². The first-order chi connectivity index (χ1) is 14.1. The van der Waals surface area contributed by atoms with Crippen LogP contribution in [0.3, 0.4) is 0 Å². The van der Waals surface area contributed by atoms with Gasteiger partial charge in [0.05, 0.1) is 17.6 Å². The van der Waals surface area contributed by atoms with Gasteiger partial charge in [-0.1, -0.05) is 31.2 Å². The maximum Gasteiger partial charge on any atom is 0.336 e. The second-order valence-corrected chi connectivity index (χ2v) is 8.21. The lowest BCUT2D eigenvalue weighted by Gasteiger charge is -2.35. The van der Waals surface area contributed by atoms with Gasteiger partial charge >= 0.3 is 5.97 Å². The molecule has 0 radical (unpaired) electrons. The molecule has 1 unspecified atom stereocenters. The molecule has 0 aromatic heterocycles. The molecule has 2 fully saturated rings. The summed E-state index contributed by atoms with van der Waals surface area (Å²) in [6.45, 7) is 4.95. The van der Waals surface area contributed by atoms with Crippen LogP contribution in [0.4, 0.5) is 0 Å². The van der Waals surface area contributed by atoms with Gasteiger partial charge in [-0.25, -0.2) is 4.79 Å². The van der Waals surface area contributed by atoms with Crippen LogP contribution in [-0.4, -0.2) is 36.8 Å². The Labute approximate surface area is 172 Å². The van der Waals surface area contributed by atoms with E-state index in [0.717, 1.165) is 50.0 Å². The van der Waals surface area contributed by atoms with Crippen LogP contribution in [0, 0.1) is 5.92 Å². The SMILES string of the molecule is CCc1ccc([C@@H]2C(C(=O)OC[C@@H]3CCCO3)=C(C)N=C3CCCC(=O)C32)cc1. The Balaban J connectivity index is 1.68. The van der Waals surface area contributed by atoms with Gasteiger partial charge in [-0.05, 0) is 50.2 Å². The van der Waals surface area contributed by atoms with E-state index in [1.807, 2.05) is 6.92 Å². The molecule has 1 aliphatic carbocycles. The number of nitrogens with zero attached hydrogens (tertiary/aromatic N) is 1. The zero-order valence-corrected chi connectivity index (χ0v) is 17.3. The topological polar surface area (TPSA) is 65.0 Å². The van der Waals surface area contributed by atoms with Gasteiger partial charge in [0.1, 0.15) is 12.4 Å². The van der Waals surface area contributed by atoms with Crippen LogP contribution in [0.25, 0.3) is 0 Å². The largest absolute Gasteiger partial charge is 0.460 e. The van der Waals surface area contributed by atoms with Crippen molar-refractivity contribution < 1.29 is 19.1 Å². The van der Waals surface area contributed by atoms with Crippen molar-refractivity contribution in [3.8, 4) is 0 Å². The fraction of sp³-hybridized carbons (Fsp3) is 0.542. The predicted molar refractivity (Wildman–Crippen MR) is 111 cm³/mol.